The zero-order chi connectivity index (χ0) is 26.7. The topological polar surface area (TPSA) is 47.5 Å². The second-order valence-corrected chi connectivity index (χ2v) is 11.3. The lowest BCUT2D eigenvalue weighted by Crippen LogP contribution is -2.38. The van der Waals surface area contributed by atoms with Gasteiger partial charge in [-0.05, 0) is 72.0 Å². The van der Waals surface area contributed by atoms with Crippen LogP contribution in [0.1, 0.15) is 34.9 Å². The monoisotopic (exact) mass is 572 g/mol. The average molecular weight is 573 g/mol. The summed E-state index contributed by atoms with van der Waals surface area (Å²) in [6, 6.07) is 23.1. The van der Waals surface area contributed by atoms with Crippen molar-refractivity contribution in [3.8, 4) is 11.3 Å². The number of allylic oxidation sites excluding steroid dienone is 1. The zero-order valence-electron chi connectivity index (χ0n) is 20.3. The van der Waals surface area contributed by atoms with Gasteiger partial charge in [-0.3, -0.25) is 9.36 Å². The molecule has 4 nitrogen and oxygen atoms in total. The summed E-state index contributed by atoms with van der Waals surface area (Å²) in [5.41, 5.74) is 5.68. The van der Waals surface area contributed by atoms with Gasteiger partial charge in [0.2, 0.25) is 0 Å². The Morgan fingerprint density at radius 3 is 2.62 bits per heavy atom. The third kappa shape index (κ3) is 4.20. The van der Waals surface area contributed by atoms with E-state index in [1.165, 1.54) is 29.0 Å². The van der Waals surface area contributed by atoms with Gasteiger partial charge in [-0.2, -0.15) is 0 Å². The van der Waals surface area contributed by atoms with Crippen LogP contribution < -0.4 is 14.9 Å². The predicted molar refractivity (Wildman–Crippen MR) is 153 cm³/mol. The van der Waals surface area contributed by atoms with Crippen molar-refractivity contribution >= 4 is 46.3 Å². The highest BCUT2D eigenvalue weighted by Gasteiger charge is 2.32. The summed E-state index contributed by atoms with van der Waals surface area (Å²) in [5, 5.41) is 1.02. The van der Waals surface area contributed by atoms with E-state index in [0.29, 0.717) is 36.5 Å². The maximum Gasteiger partial charge on any atom is 0.271 e. The fourth-order valence-corrected chi connectivity index (χ4v) is 6.84. The third-order valence-corrected chi connectivity index (χ3v) is 8.69. The van der Waals surface area contributed by atoms with Gasteiger partial charge in [0.1, 0.15) is 17.3 Å². The Balaban J connectivity index is 1.39. The van der Waals surface area contributed by atoms with Crippen molar-refractivity contribution in [2.24, 2.45) is 4.99 Å². The molecule has 3 heterocycles. The molecule has 0 unspecified atom stereocenters. The minimum Gasteiger partial charge on any atom is -0.457 e. The molecule has 1 atom stereocenters. The van der Waals surface area contributed by atoms with Crippen LogP contribution in [0.3, 0.4) is 0 Å². The maximum atomic E-state index is 13.9. The molecule has 0 amide bonds. The fraction of sp³-hybridized carbons (Fsp3) is 0.0968. The van der Waals surface area contributed by atoms with Crippen LogP contribution >= 0.6 is 34.5 Å². The van der Waals surface area contributed by atoms with E-state index < -0.39 is 0 Å². The van der Waals surface area contributed by atoms with Gasteiger partial charge >= 0.3 is 0 Å². The highest BCUT2D eigenvalue weighted by atomic mass is 35.5. The summed E-state index contributed by atoms with van der Waals surface area (Å²) >= 11 is 13.7. The molecule has 0 radical (unpaired) electrons. The van der Waals surface area contributed by atoms with Gasteiger partial charge in [0.25, 0.3) is 5.56 Å². The molecular formula is C31H19Cl2FN2O2S. The van der Waals surface area contributed by atoms with E-state index in [1.54, 1.807) is 47.0 Å². The molecule has 0 saturated heterocycles. The summed E-state index contributed by atoms with van der Waals surface area (Å²) < 4.78 is 22.1. The summed E-state index contributed by atoms with van der Waals surface area (Å²) in [5.74, 6) is 0.782. The molecule has 0 spiro atoms. The number of hydrogen-bond acceptors (Lipinski definition) is 4. The molecule has 0 N–H and O–H groups in total. The molecule has 1 aliphatic heterocycles. The SMILES string of the molecule is O=c1/c(=C\c2ccc(-c3ccc(Cl)cc3Cl)o2)sc2n1[C@H](c1ccc(F)cc1)C1=C(N=2)c2ccccc2CC1. The molecule has 39 heavy (non-hydrogen) atoms. The van der Waals surface area contributed by atoms with Gasteiger partial charge in [0, 0.05) is 22.2 Å². The molecule has 5 aromatic rings. The normalized spacial score (nSPS) is 16.5. The molecule has 0 saturated carbocycles. The zero-order valence-corrected chi connectivity index (χ0v) is 22.7. The Bertz CT molecular complexity index is 1990. The van der Waals surface area contributed by atoms with Crippen LogP contribution in [0.4, 0.5) is 4.39 Å². The van der Waals surface area contributed by atoms with Crippen molar-refractivity contribution in [2.45, 2.75) is 18.9 Å². The van der Waals surface area contributed by atoms with Gasteiger partial charge in [-0.25, -0.2) is 9.38 Å². The highest BCUT2D eigenvalue weighted by Crippen LogP contribution is 2.41. The van der Waals surface area contributed by atoms with Crippen molar-refractivity contribution in [2.75, 3.05) is 0 Å². The van der Waals surface area contributed by atoms with Crippen molar-refractivity contribution < 1.29 is 8.81 Å². The minimum absolute atomic E-state index is 0.166. The van der Waals surface area contributed by atoms with Crippen LogP contribution in [-0.4, -0.2) is 4.57 Å². The van der Waals surface area contributed by atoms with Crippen LogP contribution in [0, 0.1) is 5.82 Å². The Hall–Kier alpha value is -3.71. The van der Waals surface area contributed by atoms with Crippen LogP contribution in [0.5, 0.6) is 0 Å². The number of aromatic nitrogens is 1. The van der Waals surface area contributed by atoms with Gasteiger partial charge in [0.05, 0.1) is 21.3 Å². The number of thiazole rings is 1. The molecule has 0 fully saturated rings. The highest BCUT2D eigenvalue weighted by molar-refractivity contribution is 7.07. The number of nitrogens with zero attached hydrogens (tertiary/aromatic N) is 2. The van der Waals surface area contributed by atoms with Gasteiger partial charge in [-0.1, -0.05) is 70.9 Å². The molecule has 8 heteroatoms. The van der Waals surface area contributed by atoms with Crippen LogP contribution in [0.25, 0.3) is 23.1 Å². The standard InChI is InChI=1S/C31H19Cl2FN2O2S/c32-19-8-13-23(25(33)15-19)26-14-11-21(38-26)16-27-30(37)36-29(18-5-9-20(34)10-6-18)24-12-7-17-3-1-2-4-22(17)28(24)35-31(36)39-27/h1-6,8-11,13-16,29H,7,12H2/b27-16+/t29-/m1/s1. The van der Waals surface area contributed by atoms with E-state index in [1.807, 2.05) is 18.2 Å². The Labute approximate surface area is 236 Å². The van der Waals surface area contributed by atoms with Crippen molar-refractivity contribution in [3.05, 3.63) is 142 Å². The van der Waals surface area contributed by atoms with Crippen molar-refractivity contribution in [3.63, 3.8) is 0 Å². The Kier molecular flexibility index (Phi) is 5.92. The number of hydrogen-bond donors (Lipinski definition) is 0. The third-order valence-electron chi connectivity index (χ3n) is 7.16. The van der Waals surface area contributed by atoms with E-state index in [4.69, 9.17) is 32.6 Å². The maximum absolute atomic E-state index is 13.9. The summed E-state index contributed by atoms with van der Waals surface area (Å²) in [6.45, 7) is 0. The largest absolute Gasteiger partial charge is 0.457 e. The number of benzene rings is 3. The molecule has 2 aliphatic rings. The number of rotatable bonds is 3. The number of aryl methyl sites for hydroxylation is 1. The Morgan fingerprint density at radius 2 is 1.79 bits per heavy atom. The lowest BCUT2D eigenvalue weighted by molar-refractivity contribution is 0.570. The Morgan fingerprint density at radius 1 is 0.974 bits per heavy atom. The fourth-order valence-electron chi connectivity index (χ4n) is 5.36. The number of fused-ring (bicyclic) bond motifs is 3. The molecular weight excluding hydrogens is 554 g/mol. The van der Waals surface area contributed by atoms with Crippen LogP contribution in [-0.2, 0) is 6.42 Å². The quantitative estimate of drug-likeness (QED) is 0.233. The van der Waals surface area contributed by atoms with E-state index in [9.17, 15) is 9.18 Å². The van der Waals surface area contributed by atoms with Gasteiger partial charge in [-0.15, -0.1) is 0 Å². The van der Waals surface area contributed by atoms with E-state index >= 15 is 0 Å². The molecule has 2 aromatic heterocycles. The lowest BCUT2D eigenvalue weighted by atomic mass is 9.83. The number of halogens is 3. The second kappa shape index (κ2) is 9.49. The number of furan rings is 1. The molecule has 192 valence electrons. The smallest absolute Gasteiger partial charge is 0.271 e. The molecule has 0 bridgehead atoms. The first kappa shape index (κ1) is 24.3. The summed E-state index contributed by atoms with van der Waals surface area (Å²) in [7, 11) is 0. The predicted octanol–water partition coefficient (Wildman–Crippen LogP) is 7.02. The first-order chi connectivity index (χ1) is 19.0. The van der Waals surface area contributed by atoms with Crippen molar-refractivity contribution in [1.82, 2.24) is 4.57 Å². The first-order valence-corrected chi connectivity index (χ1v) is 14.0. The van der Waals surface area contributed by atoms with Gasteiger partial charge < -0.3 is 4.42 Å². The lowest BCUT2D eigenvalue weighted by Gasteiger charge is -2.30. The second-order valence-electron chi connectivity index (χ2n) is 9.49. The van der Waals surface area contributed by atoms with Gasteiger partial charge in [0.15, 0.2) is 4.80 Å². The van der Waals surface area contributed by atoms with E-state index in [-0.39, 0.29) is 17.4 Å². The van der Waals surface area contributed by atoms with Crippen molar-refractivity contribution in [1.29, 1.82) is 0 Å². The molecule has 1 aliphatic carbocycles. The average Bonchev–Trinajstić information content (AvgIpc) is 3.52. The summed E-state index contributed by atoms with van der Waals surface area (Å²) in [6.07, 6.45) is 3.36. The first-order valence-electron chi connectivity index (χ1n) is 12.4. The molecule has 7 rings (SSSR count). The van der Waals surface area contributed by atoms with Crippen LogP contribution in [0.15, 0.2) is 98.6 Å². The van der Waals surface area contributed by atoms with E-state index in [2.05, 4.69) is 12.1 Å². The van der Waals surface area contributed by atoms with Crippen LogP contribution in [0.2, 0.25) is 10.0 Å². The minimum atomic E-state index is -0.368. The molecule has 3 aromatic carbocycles. The summed E-state index contributed by atoms with van der Waals surface area (Å²) in [4.78, 5) is 19.5. The van der Waals surface area contributed by atoms with E-state index in [0.717, 1.165) is 35.2 Å².